The number of carbonyl (C=O) groups excluding carboxylic acids is 1. The van der Waals surface area contributed by atoms with E-state index in [1.165, 1.54) is 0 Å². The third kappa shape index (κ3) is 4.82. The summed E-state index contributed by atoms with van der Waals surface area (Å²) < 4.78 is 7.73. The average molecular weight is 342 g/mol. The van der Waals surface area contributed by atoms with Gasteiger partial charge in [0.25, 0.3) is 0 Å². The number of aromatic nitrogens is 2. The Hall–Kier alpha value is -2.34. The van der Waals surface area contributed by atoms with Crippen LogP contribution in [0.2, 0.25) is 0 Å². The predicted octanol–water partition coefficient (Wildman–Crippen LogP) is 2.61. The molecule has 1 N–H and O–H groups in total. The van der Waals surface area contributed by atoms with E-state index < -0.39 is 0 Å². The zero-order valence-corrected chi connectivity index (χ0v) is 15.2. The van der Waals surface area contributed by atoms with Crippen LogP contribution in [0.3, 0.4) is 0 Å². The number of nitrogens with zero attached hydrogens (tertiary/aromatic N) is 3. The molecule has 0 atom stereocenters. The number of anilines is 1. The van der Waals surface area contributed by atoms with Gasteiger partial charge in [-0.1, -0.05) is 0 Å². The molecule has 1 aromatic heterocycles. The van der Waals surface area contributed by atoms with Crippen molar-refractivity contribution in [1.82, 2.24) is 14.7 Å². The number of piperidine rings is 1. The quantitative estimate of drug-likeness (QED) is 0.907. The summed E-state index contributed by atoms with van der Waals surface area (Å²) >= 11 is 0. The molecule has 0 unspecified atom stereocenters. The van der Waals surface area contributed by atoms with Crippen molar-refractivity contribution in [3.8, 4) is 5.75 Å². The summed E-state index contributed by atoms with van der Waals surface area (Å²) in [5.74, 6) is 0.765. The monoisotopic (exact) mass is 342 g/mol. The van der Waals surface area contributed by atoms with Crippen LogP contribution >= 0.6 is 0 Å². The minimum Gasteiger partial charge on any atom is -0.490 e. The van der Waals surface area contributed by atoms with Crippen molar-refractivity contribution in [2.45, 2.75) is 39.3 Å². The highest BCUT2D eigenvalue weighted by Gasteiger charge is 2.17. The van der Waals surface area contributed by atoms with Crippen LogP contribution in [0.5, 0.6) is 5.75 Å². The third-order valence-electron chi connectivity index (χ3n) is 4.50. The third-order valence-corrected chi connectivity index (χ3v) is 4.50. The van der Waals surface area contributed by atoms with Gasteiger partial charge in [-0.2, -0.15) is 5.10 Å². The first-order chi connectivity index (χ1) is 12.0. The Kier molecular flexibility index (Phi) is 5.38. The first-order valence-corrected chi connectivity index (χ1v) is 8.76. The minimum absolute atomic E-state index is 0.0878. The second-order valence-electron chi connectivity index (χ2n) is 6.78. The molecular weight excluding hydrogens is 316 g/mol. The largest absolute Gasteiger partial charge is 0.490 e. The molecule has 0 bridgehead atoms. The lowest BCUT2D eigenvalue weighted by Gasteiger charge is -2.29. The fourth-order valence-electron chi connectivity index (χ4n) is 3.08. The highest BCUT2D eigenvalue weighted by molar-refractivity contribution is 5.90. The van der Waals surface area contributed by atoms with Crippen molar-refractivity contribution >= 4 is 11.6 Å². The standard InChI is InChI=1S/C19H26N4O2/c1-14-12-15(2)23(21-14)13-19(24)20-16-4-6-17(7-5-16)25-18-8-10-22(3)11-9-18/h4-7,12,18H,8-11,13H2,1-3H3,(H,20,24). The molecule has 134 valence electrons. The molecule has 1 amide bonds. The number of hydrogen-bond acceptors (Lipinski definition) is 4. The number of amides is 1. The molecule has 1 saturated heterocycles. The molecule has 6 heteroatoms. The van der Waals surface area contributed by atoms with Crippen LogP contribution in [-0.2, 0) is 11.3 Å². The van der Waals surface area contributed by atoms with Crippen LogP contribution in [0.4, 0.5) is 5.69 Å². The van der Waals surface area contributed by atoms with Crippen LogP contribution < -0.4 is 10.1 Å². The van der Waals surface area contributed by atoms with Gasteiger partial charge in [-0.25, -0.2) is 0 Å². The average Bonchev–Trinajstić information content (AvgIpc) is 2.89. The van der Waals surface area contributed by atoms with Gasteiger partial charge in [0, 0.05) is 24.5 Å². The molecule has 2 heterocycles. The van der Waals surface area contributed by atoms with Crippen LogP contribution in [0.25, 0.3) is 0 Å². The second-order valence-corrected chi connectivity index (χ2v) is 6.78. The Morgan fingerprint density at radius 1 is 1.24 bits per heavy atom. The molecule has 1 fully saturated rings. The molecular formula is C19H26N4O2. The van der Waals surface area contributed by atoms with E-state index in [1.54, 1.807) is 4.68 Å². The maximum Gasteiger partial charge on any atom is 0.246 e. The van der Waals surface area contributed by atoms with Gasteiger partial charge in [0.05, 0.1) is 5.69 Å². The van der Waals surface area contributed by atoms with Gasteiger partial charge in [-0.3, -0.25) is 9.48 Å². The lowest BCUT2D eigenvalue weighted by atomic mass is 10.1. The summed E-state index contributed by atoms with van der Waals surface area (Å²) in [4.78, 5) is 14.5. The summed E-state index contributed by atoms with van der Waals surface area (Å²) in [6.45, 7) is 6.23. The zero-order valence-electron chi connectivity index (χ0n) is 15.2. The Morgan fingerprint density at radius 2 is 1.92 bits per heavy atom. The van der Waals surface area contributed by atoms with E-state index in [4.69, 9.17) is 4.74 Å². The Labute approximate surface area is 148 Å². The van der Waals surface area contributed by atoms with Gasteiger partial charge in [-0.05, 0) is 64.1 Å². The van der Waals surface area contributed by atoms with Crippen LogP contribution in [0.15, 0.2) is 30.3 Å². The van der Waals surface area contributed by atoms with Crippen molar-refractivity contribution in [3.05, 3.63) is 41.7 Å². The zero-order chi connectivity index (χ0) is 17.8. The second kappa shape index (κ2) is 7.70. The first-order valence-electron chi connectivity index (χ1n) is 8.76. The lowest BCUT2D eigenvalue weighted by molar-refractivity contribution is -0.116. The van der Waals surface area contributed by atoms with E-state index in [9.17, 15) is 4.79 Å². The summed E-state index contributed by atoms with van der Waals surface area (Å²) in [7, 11) is 2.14. The molecule has 1 aromatic carbocycles. The maximum absolute atomic E-state index is 12.2. The predicted molar refractivity (Wildman–Crippen MR) is 97.9 cm³/mol. The van der Waals surface area contributed by atoms with Crippen molar-refractivity contribution in [2.24, 2.45) is 0 Å². The van der Waals surface area contributed by atoms with Gasteiger partial charge in [0.15, 0.2) is 0 Å². The number of aryl methyl sites for hydroxylation is 2. The van der Waals surface area contributed by atoms with Crippen molar-refractivity contribution in [3.63, 3.8) is 0 Å². The number of nitrogens with one attached hydrogen (secondary N) is 1. The molecule has 2 aromatic rings. The number of carbonyl (C=O) groups is 1. The highest BCUT2D eigenvalue weighted by Crippen LogP contribution is 2.20. The van der Waals surface area contributed by atoms with Crippen LogP contribution in [0.1, 0.15) is 24.2 Å². The first kappa shape index (κ1) is 17.5. The van der Waals surface area contributed by atoms with E-state index in [1.807, 2.05) is 44.2 Å². The molecule has 0 aliphatic carbocycles. The molecule has 0 saturated carbocycles. The summed E-state index contributed by atoms with van der Waals surface area (Å²) in [6, 6.07) is 9.55. The number of rotatable bonds is 5. The number of hydrogen-bond donors (Lipinski definition) is 1. The van der Waals surface area contributed by atoms with Crippen LogP contribution in [0, 0.1) is 13.8 Å². The number of likely N-dealkylation sites (tertiary alicyclic amines) is 1. The molecule has 0 spiro atoms. The van der Waals surface area contributed by atoms with Crippen LogP contribution in [-0.4, -0.2) is 46.8 Å². The molecule has 0 radical (unpaired) electrons. The summed E-state index contributed by atoms with van der Waals surface area (Å²) in [5.41, 5.74) is 2.66. The topological polar surface area (TPSA) is 59.4 Å². The smallest absolute Gasteiger partial charge is 0.246 e. The maximum atomic E-state index is 12.2. The minimum atomic E-state index is -0.0878. The Bertz CT molecular complexity index is 716. The number of ether oxygens (including phenoxy) is 1. The Balaban J connectivity index is 1.51. The molecule has 3 rings (SSSR count). The van der Waals surface area contributed by atoms with E-state index in [0.29, 0.717) is 0 Å². The fraction of sp³-hybridized carbons (Fsp3) is 0.474. The van der Waals surface area contributed by atoms with E-state index >= 15 is 0 Å². The van der Waals surface area contributed by atoms with Crippen molar-refractivity contribution < 1.29 is 9.53 Å². The van der Waals surface area contributed by atoms with Gasteiger partial charge < -0.3 is 15.0 Å². The Morgan fingerprint density at radius 3 is 2.52 bits per heavy atom. The van der Waals surface area contributed by atoms with E-state index in [-0.39, 0.29) is 18.6 Å². The molecule has 25 heavy (non-hydrogen) atoms. The molecule has 6 nitrogen and oxygen atoms in total. The normalized spacial score (nSPS) is 16.0. The van der Waals surface area contributed by atoms with Crippen molar-refractivity contribution in [1.29, 1.82) is 0 Å². The van der Waals surface area contributed by atoms with Gasteiger partial charge >= 0.3 is 0 Å². The summed E-state index contributed by atoms with van der Waals surface area (Å²) in [5, 5.41) is 7.21. The van der Waals surface area contributed by atoms with Gasteiger partial charge in [-0.15, -0.1) is 0 Å². The summed E-state index contributed by atoms with van der Waals surface area (Å²) in [6.07, 6.45) is 2.39. The van der Waals surface area contributed by atoms with E-state index in [0.717, 1.165) is 48.8 Å². The molecule has 1 aliphatic rings. The molecule has 1 aliphatic heterocycles. The van der Waals surface area contributed by atoms with E-state index in [2.05, 4.69) is 22.4 Å². The fourth-order valence-corrected chi connectivity index (χ4v) is 3.08. The lowest BCUT2D eigenvalue weighted by Crippen LogP contribution is -2.35. The highest BCUT2D eigenvalue weighted by atomic mass is 16.5. The van der Waals surface area contributed by atoms with Gasteiger partial charge in [0.2, 0.25) is 5.91 Å². The van der Waals surface area contributed by atoms with Gasteiger partial charge in [0.1, 0.15) is 18.4 Å². The number of benzene rings is 1. The van der Waals surface area contributed by atoms with Crippen molar-refractivity contribution in [2.75, 3.05) is 25.5 Å². The SMILES string of the molecule is Cc1cc(C)n(CC(=O)Nc2ccc(OC3CCN(C)CC3)cc2)n1.